The summed E-state index contributed by atoms with van der Waals surface area (Å²) in [6.45, 7) is 0. The number of carbonyl (C=O) groups is 1. The molecule has 3 aromatic rings. The minimum Gasteiger partial charge on any atom is -0.338 e. The first kappa shape index (κ1) is 17.9. The number of nitrogens with one attached hydrogen (secondary N) is 1. The molecule has 1 aliphatic heterocycles. The number of hydrogen-bond donors (Lipinski definition) is 1. The predicted molar refractivity (Wildman–Crippen MR) is 107 cm³/mol. The third kappa shape index (κ3) is 4.25. The molecule has 0 aliphatic carbocycles. The maximum absolute atomic E-state index is 12.2. The molecular weight excluding hydrogens is 410 g/mol. The Hall–Kier alpha value is -1.48. The average molecular weight is 424 g/mol. The summed E-state index contributed by atoms with van der Waals surface area (Å²) >= 11 is 10.9. The van der Waals surface area contributed by atoms with Crippen LogP contribution in [0.3, 0.4) is 0 Å². The molecule has 1 aromatic carbocycles. The van der Waals surface area contributed by atoms with Crippen molar-refractivity contribution in [3.63, 3.8) is 0 Å². The molecule has 0 atom stereocenters. The number of fused-ring (bicyclic) bond motifs is 1. The van der Waals surface area contributed by atoms with Crippen LogP contribution in [-0.2, 0) is 28.5 Å². The number of hydrogen-bond acceptors (Lipinski definition) is 7. The van der Waals surface area contributed by atoms with Crippen LogP contribution in [0.5, 0.6) is 0 Å². The molecule has 0 spiro atoms. The van der Waals surface area contributed by atoms with Crippen molar-refractivity contribution in [1.82, 2.24) is 10.1 Å². The summed E-state index contributed by atoms with van der Waals surface area (Å²) in [6, 6.07) is 7.78. The van der Waals surface area contributed by atoms with Crippen molar-refractivity contribution in [3.05, 3.63) is 57.2 Å². The maximum atomic E-state index is 12.2. The quantitative estimate of drug-likeness (QED) is 0.562. The SMILES string of the molecule is O=C(Cc1csc(SCc2cccc(Cl)c2)n1)Nc1onc2c1CSC2. The molecule has 1 N–H and O–H groups in total. The van der Waals surface area contributed by atoms with Crippen LogP contribution in [0, 0.1) is 0 Å². The van der Waals surface area contributed by atoms with Crippen molar-refractivity contribution in [2.45, 2.75) is 28.0 Å². The van der Waals surface area contributed by atoms with Gasteiger partial charge in [-0.3, -0.25) is 10.1 Å². The monoisotopic (exact) mass is 423 g/mol. The molecule has 9 heteroatoms. The van der Waals surface area contributed by atoms with Crippen LogP contribution in [0.1, 0.15) is 22.5 Å². The van der Waals surface area contributed by atoms with Crippen LogP contribution in [0.2, 0.25) is 5.02 Å². The largest absolute Gasteiger partial charge is 0.338 e. The summed E-state index contributed by atoms with van der Waals surface area (Å²) in [4.78, 5) is 16.8. The topological polar surface area (TPSA) is 68.0 Å². The zero-order valence-corrected chi connectivity index (χ0v) is 16.7. The highest BCUT2D eigenvalue weighted by Gasteiger charge is 2.23. The van der Waals surface area contributed by atoms with Crippen LogP contribution in [-0.4, -0.2) is 16.0 Å². The Bertz CT molecular complexity index is 941. The summed E-state index contributed by atoms with van der Waals surface area (Å²) in [7, 11) is 0. The zero-order chi connectivity index (χ0) is 17.9. The van der Waals surface area contributed by atoms with E-state index in [0.717, 1.165) is 49.1 Å². The highest BCUT2D eigenvalue weighted by Crippen LogP contribution is 2.34. The van der Waals surface area contributed by atoms with E-state index in [4.69, 9.17) is 16.1 Å². The first-order valence-electron chi connectivity index (χ1n) is 7.84. The van der Waals surface area contributed by atoms with Crippen LogP contribution in [0.4, 0.5) is 5.88 Å². The van der Waals surface area contributed by atoms with Crippen molar-refractivity contribution in [2.75, 3.05) is 5.32 Å². The molecule has 0 fully saturated rings. The number of halogens is 1. The van der Waals surface area contributed by atoms with Gasteiger partial charge in [-0.1, -0.05) is 40.7 Å². The second-order valence-electron chi connectivity index (χ2n) is 5.68. The van der Waals surface area contributed by atoms with Crippen molar-refractivity contribution in [2.24, 2.45) is 0 Å². The van der Waals surface area contributed by atoms with Gasteiger partial charge in [0.05, 0.1) is 23.4 Å². The van der Waals surface area contributed by atoms with E-state index in [9.17, 15) is 4.79 Å². The summed E-state index contributed by atoms with van der Waals surface area (Å²) < 4.78 is 6.16. The number of thioether (sulfide) groups is 2. The van der Waals surface area contributed by atoms with E-state index in [2.05, 4.69) is 15.5 Å². The molecule has 134 valence electrons. The van der Waals surface area contributed by atoms with Gasteiger partial charge in [0.2, 0.25) is 11.8 Å². The van der Waals surface area contributed by atoms with Gasteiger partial charge in [-0.2, -0.15) is 11.8 Å². The third-order valence-corrected chi connectivity index (χ3v) is 7.08. The third-order valence-electron chi connectivity index (χ3n) is 3.73. The molecule has 0 saturated carbocycles. The fourth-order valence-corrected chi connectivity index (χ4v) is 5.52. The smallest absolute Gasteiger partial charge is 0.235 e. The molecule has 3 heterocycles. The van der Waals surface area contributed by atoms with Gasteiger partial charge in [0.1, 0.15) is 4.34 Å². The number of anilines is 1. The fourth-order valence-electron chi connectivity index (χ4n) is 2.50. The summed E-state index contributed by atoms with van der Waals surface area (Å²) in [5.41, 5.74) is 3.83. The highest BCUT2D eigenvalue weighted by atomic mass is 35.5. The van der Waals surface area contributed by atoms with Gasteiger partial charge >= 0.3 is 0 Å². The normalized spacial score (nSPS) is 13.0. The molecule has 0 bridgehead atoms. The fraction of sp³-hybridized carbons (Fsp3) is 0.235. The lowest BCUT2D eigenvalue weighted by Gasteiger charge is -2.01. The molecule has 1 aliphatic rings. The number of aromatic nitrogens is 2. The molecule has 0 unspecified atom stereocenters. The Morgan fingerprint density at radius 1 is 1.38 bits per heavy atom. The predicted octanol–water partition coefficient (Wildman–Crippen LogP) is 5.00. The lowest BCUT2D eigenvalue weighted by molar-refractivity contribution is -0.115. The number of benzene rings is 1. The molecule has 26 heavy (non-hydrogen) atoms. The summed E-state index contributed by atoms with van der Waals surface area (Å²) in [5.74, 6) is 2.80. The number of amides is 1. The van der Waals surface area contributed by atoms with Crippen LogP contribution in [0.25, 0.3) is 0 Å². The Balaban J connectivity index is 1.32. The number of nitrogens with zero attached hydrogens (tertiary/aromatic N) is 2. The van der Waals surface area contributed by atoms with E-state index in [0.29, 0.717) is 5.88 Å². The lowest BCUT2D eigenvalue weighted by Crippen LogP contribution is -2.15. The molecule has 5 nitrogen and oxygen atoms in total. The summed E-state index contributed by atoms with van der Waals surface area (Å²) in [5, 5.41) is 9.44. The minimum absolute atomic E-state index is 0.141. The van der Waals surface area contributed by atoms with Crippen molar-refractivity contribution >= 4 is 58.3 Å². The van der Waals surface area contributed by atoms with Crippen LogP contribution in [0.15, 0.2) is 38.5 Å². The van der Waals surface area contributed by atoms with Crippen molar-refractivity contribution < 1.29 is 9.32 Å². The Kier molecular flexibility index (Phi) is 5.54. The van der Waals surface area contributed by atoms with Crippen LogP contribution >= 0.6 is 46.5 Å². The van der Waals surface area contributed by atoms with Gasteiger partial charge in [0.15, 0.2) is 0 Å². The highest BCUT2D eigenvalue weighted by molar-refractivity contribution is 8.00. The molecule has 0 saturated heterocycles. The first-order chi connectivity index (χ1) is 12.7. The molecule has 1 amide bonds. The molecule has 0 radical (unpaired) electrons. The van der Waals surface area contributed by atoms with E-state index in [1.54, 1.807) is 34.9 Å². The number of rotatable bonds is 6. The maximum Gasteiger partial charge on any atom is 0.235 e. The van der Waals surface area contributed by atoms with Gasteiger partial charge in [-0.15, -0.1) is 11.3 Å². The van der Waals surface area contributed by atoms with Gasteiger partial charge in [-0.05, 0) is 17.7 Å². The summed E-state index contributed by atoms with van der Waals surface area (Å²) in [6.07, 6.45) is 0.219. The Labute approximate surface area is 167 Å². The van der Waals surface area contributed by atoms with Crippen molar-refractivity contribution in [1.29, 1.82) is 0 Å². The van der Waals surface area contributed by atoms with E-state index in [1.807, 2.05) is 29.6 Å². The van der Waals surface area contributed by atoms with Gasteiger partial charge in [-0.25, -0.2) is 4.98 Å². The minimum atomic E-state index is -0.141. The van der Waals surface area contributed by atoms with Gasteiger partial charge in [0, 0.05) is 27.7 Å². The van der Waals surface area contributed by atoms with E-state index in [1.165, 1.54) is 0 Å². The Morgan fingerprint density at radius 3 is 3.19 bits per heavy atom. The molecule has 2 aromatic heterocycles. The standard InChI is InChI=1S/C17H14ClN3O2S3/c18-11-3-1-2-10(4-11)6-25-17-19-12(7-26-17)5-15(22)20-16-13-8-24-9-14(13)21-23-16/h1-4,7H,5-6,8-9H2,(H,20,22). The van der Waals surface area contributed by atoms with Gasteiger partial charge < -0.3 is 4.52 Å². The zero-order valence-electron chi connectivity index (χ0n) is 13.5. The van der Waals surface area contributed by atoms with E-state index >= 15 is 0 Å². The number of carbonyl (C=O) groups excluding carboxylic acids is 1. The van der Waals surface area contributed by atoms with Crippen LogP contribution < -0.4 is 5.32 Å². The second-order valence-corrected chi connectivity index (χ2v) is 9.18. The number of thiazole rings is 1. The molecular formula is C17H14ClN3O2S3. The van der Waals surface area contributed by atoms with E-state index < -0.39 is 0 Å². The molecule has 4 rings (SSSR count). The van der Waals surface area contributed by atoms with E-state index in [-0.39, 0.29) is 12.3 Å². The second kappa shape index (κ2) is 8.04. The van der Waals surface area contributed by atoms with Gasteiger partial charge in [0.25, 0.3) is 0 Å². The average Bonchev–Trinajstić information content (AvgIpc) is 3.32. The van der Waals surface area contributed by atoms with Crippen molar-refractivity contribution in [3.8, 4) is 0 Å². The Morgan fingerprint density at radius 2 is 2.31 bits per heavy atom. The first-order valence-corrected chi connectivity index (χ1v) is 11.2. The lowest BCUT2D eigenvalue weighted by atomic mass is 10.2.